The lowest BCUT2D eigenvalue weighted by atomic mass is 9.89. The number of benzene rings is 1. The summed E-state index contributed by atoms with van der Waals surface area (Å²) in [6.45, 7) is 5.57. The summed E-state index contributed by atoms with van der Waals surface area (Å²) in [5.41, 5.74) is 5.46. The van der Waals surface area contributed by atoms with Crippen molar-refractivity contribution >= 4 is 22.6 Å². The second-order valence-electron chi connectivity index (χ2n) is 8.54. The first-order valence-electron chi connectivity index (χ1n) is 11.1. The molecule has 1 fully saturated rings. The predicted octanol–water partition coefficient (Wildman–Crippen LogP) is 3.57. The van der Waals surface area contributed by atoms with Crippen molar-refractivity contribution in [3.05, 3.63) is 53.2 Å². The summed E-state index contributed by atoms with van der Waals surface area (Å²) in [6, 6.07) is 6.14. The van der Waals surface area contributed by atoms with E-state index in [4.69, 9.17) is 4.74 Å². The first-order valence-corrected chi connectivity index (χ1v) is 11.1. The Morgan fingerprint density at radius 2 is 2.06 bits per heavy atom. The molecule has 0 atom stereocenters. The zero-order chi connectivity index (χ0) is 22.2. The number of hydrogen-bond donors (Lipinski definition) is 1. The Bertz CT molecular complexity index is 1280. The highest BCUT2D eigenvalue weighted by atomic mass is 16.5. The summed E-state index contributed by atoms with van der Waals surface area (Å²) in [7, 11) is 1.70. The second-order valence-corrected chi connectivity index (χ2v) is 8.54. The standard InChI is InChI=1S/C24H28N6O2/c1-15-19(16(2)30-24(28-15)26-14-27-30)5-7-23(31)29-10-8-17(9-11-29)21-13-25-22-6-4-18(32-3)12-20(21)22/h4,6,12-14,17,25H,5,7-11H2,1-3H3. The van der Waals surface area contributed by atoms with E-state index >= 15 is 0 Å². The molecule has 1 N–H and O–H groups in total. The Morgan fingerprint density at radius 3 is 2.84 bits per heavy atom. The maximum absolute atomic E-state index is 12.9. The third-order valence-electron chi connectivity index (χ3n) is 6.79. The minimum Gasteiger partial charge on any atom is -0.497 e. The highest BCUT2D eigenvalue weighted by Gasteiger charge is 2.26. The van der Waals surface area contributed by atoms with Crippen LogP contribution in [-0.2, 0) is 11.2 Å². The number of nitrogens with one attached hydrogen (secondary N) is 1. The minimum absolute atomic E-state index is 0.210. The molecule has 4 aromatic rings. The predicted molar refractivity (Wildman–Crippen MR) is 122 cm³/mol. The van der Waals surface area contributed by atoms with Crippen molar-refractivity contribution in [1.82, 2.24) is 29.5 Å². The third-order valence-corrected chi connectivity index (χ3v) is 6.79. The van der Waals surface area contributed by atoms with E-state index < -0.39 is 0 Å². The number of methoxy groups -OCH3 is 1. The second kappa shape index (κ2) is 8.26. The van der Waals surface area contributed by atoms with Gasteiger partial charge in [-0.3, -0.25) is 4.79 Å². The Labute approximate surface area is 186 Å². The molecule has 0 saturated carbocycles. The lowest BCUT2D eigenvalue weighted by molar-refractivity contribution is -0.132. The summed E-state index contributed by atoms with van der Waals surface area (Å²) in [6.07, 6.45) is 6.73. The lowest BCUT2D eigenvalue weighted by Crippen LogP contribution is -2.38. The van der Waals surface area contributed by atoms with Gasteiger partial charge in [0.25, 0.3) is 5.78 Å². The van der Waals surface area contributed by atoms with Gasteiger partial charge in [-0.1, -0.05) is 0 Å². The van der Waals surface area contributed by atoms with Crippen molar-refractivity contribution in [2.24, 2.45) is 0 Å². The average molecular weight is 433 g/mol. The van der Waals surface area contributed by atoms with Gasteiger partial charge in [-0.05, 0) is 68.4 Å². The summed E-state index contributed by atoms with van der Waals surface area (Å²) < 4.78 is 7.15. The molecule has 32 heavy (non-hydrogen) atoms. The number of likely N-dealkylation sites (tertiary alicyclic amines) is 1. The summed E-state index contributed by atoms with van der Waals surface area (Å²) in [4.78, 5) is 27.0. The van der Waals surface area contributed by atoms with Gasteiger partial charge in [0, 0.05) is 48.0 Å². The zero-order valence-electron chi connectivity index (χ0n) is 18.8. The molecule has 0 bridgehead atoms. The van der Waals surface area contributed by atoms with Crippen LogP contribution >= 0.6 is 0 Å². The van der Waals surface area contributed by atoms with E-state index in [1.165, 1.54) is 17.3 Å². The minimum atomic E-state index is 0.210. The highest BCUT2D eigenvalue weighted by Crippen LogP contribution is 2.34. The number of nitrogens with zero attached hydrogens (tertiary/aromatic N) is 5. The van der Waals surface area contributed by atoms with E-state index in [2.05, 4.69) is 38.4 Å². The maximum atomic E-state index is 12.9. The fourth-order valence-corrected chi connectivity index (χ4v) is 4.93. The molecular weight excluding hydrogens is 404 g/mol. The first-order chi connectivity index (χ1) is 15.5. The molecule has 166 valence electrons. The van der Waals surface area contributed by atoms with Crippen LogP contribution in [0, 0.1) is 13.8 Å². The van der Waals surface area contributed by atoms with Gasteiger partial charge in [0.05, 0.1) is 7.11 Å². The number of rotatable bonds is 5. The number of H-pyrrole nitrogens is 1. The van der Waals surface area contributed by atoms with Crippen LogP contribution in [0.25, 0.3) is 16.7 Å². The number of aryl methyl sites for hydroxylation is 2. The van der Waals surface area contributed by atoms with Gasteiger partial charge in [-0.25, -0.2) is 9.50 Å². The molecule has 8 heteroatoms. The lowest BCUT2D eigenvalue weighted by Gasteiger charge is -2.32. The normalized spacial score (nSPS) is 15.0. The molecule has 5 rings (SSSR count). The molecule has 1 amide bonds. The van der Waals surface area contributed by atoms with Crippen molar-refractivity contribution in [3.63, 3.8) is 0 Å². The number of fused-ring (bicyclic) bond motifs is 2. The number of ether oxygens (including phenoxy) is 1. The van der Waals surface area contributed by atoms with E-state index in [1.54, 1.807) is 11.6 Å². The Balaban J connectivity index is 1.23. The zero-order valence-corrected chi connectivity index (χ0v) is 18.8. The quantitative estimate of drug-likeness (QED) is 0.521. The van der Waals surface area contributed by atoms with Crippen LogP contribution in [-0.4, -0.2) is 55.6 Å². The Morgan fingerprint density at radius 1 is 1.25 bits per heavy atom. The average Bonchev–Trinajstić information content (AvgIpc) is 3.45. The van der Waals surface area contributed by atoms with Crippen molar-refractivity contribution in [3.8, 4) is 5.75 Å². The summed E-state index contributed by atoms with van der Waals surface area (Å²) in [5, 5.41) is 5.46. The molecule has 1 saturated heterocycles. The van der Waals surface area contributed by atoms with Gasteiger partial charge < -0.3 is 14.6 Å². The molecule has 0 spiro atoms. The number of aromatic nitrogens is 5. The molecule has 0 aliphatic carbocycles. The van der Waals surface area contributed by atoms with E-state index in [9.17, 15) is 4.79 Å². The van der Waals surface area contributed by atoms with Gasteiger partial charge in [0.1, 0.15) is 12.1 Å². The van der Waals surface area contributed by atoms with Gasteiger partial charge >= 0.3 is 0 Å². The molecule has 1 aliphatic rings. The topological polar surface area (TPSA) is 88.4 Å². The molecule has 4 heterocycles. The maximum Gasteiger partial charge on any atom is 0.252 e. The van der Waals surface area contributed by atoms with Crippen LogP contribution in [0.1, 0.15) is 47.7 Å². The molecule has 1 aliphatic heterocycles. The molecule has 0 radical (unpaired) electrons. The summed E-state index contributed by atoms with van der Waals surface area (Å²) in [5.74, 6) is 2.13. The smallest absolute Gasteiger partial charge is 0.252 e. The largest absolute Gasteiger partial charge is 0.497 e. The van der Waals surface area contributed by atoms with Crippen molar-refractivity contribution in [2.45, 2.75) is 45.4 Å². The molecular formula is C24H28N6O2. The van der Waals surface area contributed by atoms with Crippen molar-refractivity contribution < 1.29 is 9.53 Å². The van der Waals surface area contributed by atoms with Crippen LogP contribution in [0.15, 0.2) is 30.7 Å². The Kier molecular flexibility index (Phi) is 5.28. The van der Waals surface area contributed by atoms with E-state index in [-0.39, 0.29) is 5.91 Å². The SMILES string of the molecule is COc1ccc2[nH]cc(C3CCN(C(=O)CCc4c(C)nc5ncnn5c4C)CC3)c2c1. The van der Waals surface area contributed by atoms with Crippen LogP contribution in [0.4, 0.5) is 0 Å². The molecule has 3 aromatic heterocycles. The number of carbonyl (C=O) groups is 1. The van der Waals surface area contributed by atoms with Gasteiger partial charge in [0.15, 0.2) is 0 Å². The fourth-order valence-electron chi connectivity index (χ4n) is 4.93. The van der Waals surface area contributed by atoms with Crippen molar-refractivity contribution in [2.75, 3.05) is 20.2 Å². The fraction of sp³-hybridized carbons (Fsp3) is 0.417. The first kappa shape index (κ1) is 20.5. The van der Waals surface area contributed by atoms with E-state index in [1.807, 2.05) is 24.8 Å². The number of amides is 1. The molecule has 1 aromatic carbocycles. The van der Waals surface area contributed by atoms with Crippen LogP contribution in [0.5, 0.6) is 5.75 Å². The van der Waals surface area contributed by atoms with Crippen LogP contribution in [0.2, 0.25) is 0 Å². The molecule has 8 nitrogen and oxygen atoms in total. The van der Waals surface area contributed by atoms with Crippen LogP contribution < -0.4 is 4.74 Å². The van der Waals surface area contributed by atoms with Gasteiger partial charge in [-0.15, -0.1) is 0 Å². The third kappa shape index (κ3) is 3.59. The summed E-state index contributed by atoms with van der Waals surface area (Å²) >= 11 is 0. The highest BCUT2D eigenvalue weighted by molar-refractivity contribution is 5.85. The van der Waals surface area contributed by atoms with Crippen molar-refractivity contribution in [1.29, 1.82) is 0 Å². The molecule has 0 unspecified atom stereocenters. The Hall–Kier alpha value is -3.42. The number of piperidine rings is 1. The monoisotopic (exact) mass is 432 g/mol. The number of hydrogen-bond acceptors (Lipinski definition) is 5. The van der Waals surface area contributed by atoms with E-state index in [0.29, 0.717) is 24.5 Å². The number of aromatic amines is 1. The van der Waals surface area contributed by atoms with Gasteiger partial charge in [0.2, 0.25) is 5.91 Å². The van der Waals surface area contributed by atoms with Gasteiger partial charge in [-0.2, -0.15) is 10.1 Å². The van der Waals surface area contributed by atoms with E-state index in [0.717, 1.165) is 54.1 Å². The number of carbonyl (C=O) groups excluding carboxylic acids is 1. The van der Waals surface area contributed by atoms with Crippen LogP contribution in [0.3, 0.4) is 0 Å².